The molecule has 3 aromatic rings. The van der Waals surface area contributed by atoms with Crippen LogP contribution in [-0.4, -0.2) is 51.3 Å². The number of aromatic nitrogens is 6. The lowest BCUT2D eigenvalue weighted by molar-refractivity contribution is 0.0678. The maximum Gasteiger partial charge on any atom is 0.372 e. The summed E-state index contributed by atoms with van der Waals surface area (Å²) in [5.41, 5.74) is 6.34. The molecule has 146 valence electrons. The molecule has 0 atom stereocenters. The van der Waals surface area contributed by atoms with Crippen LogP contribution in [-0.2, 0) is 34.0 Å². The third kappa shape index (κ3) is 3.68. The van der Waals surface area contributed by atoms with Crippen molar-refractivity contribution in [3.63, 3.8) is 0 Å². The second kappa shape index (κ2) is 7.10. The molecular weight excluding hydrogens is 366 g/mol. The molecule has 0 aromatic carbocycles. The molecule has 0 amide bonds. The fraction of sp³-hybridized carbons (Fsp3) is 0.294. The minimum absolute atomic E-state index is 0.0296. The quantitative estimate of drug-likeness (QED) is 0.540. The Hall–Kier alpha value is -3.76. The maximum atomic E-state index is 12.6. The van der Waals surface area contributed by atoms with Crippen molar-refractivity contribution in [3.8, 4) is 0 Å². The smallest absolute Gasteiger partial charge is 0.372 e. The molecule has 3 rings (SSSR count). The molecule has 0 saturated carbocycles. The lowest BCUT2D eigenvalue weighted by atomic mass is 10.2. The predicted octanol–water partition coefficient (Wildman–Crippen LogP) is 0.0183. The SMILES string of the molecule is Cn1cc(CC(=O)c2nc(CC(=O)c3nc(N)cn3C)cn2C)nc1C(=O)O. The van der Waals surface area contributed by atoms with E-state index in [1.807, 2.05) is 0 Å². The van der Waals surface area contributed by atoms with E-state index in [1.54, 1.807) is 33.5 Å². The number of carboxylic acid groups (broad SMARTS) is 1. The Balaban J connectivity index is 1.75. The lowest BCUT2D eigenvalue weighted by Crippen LogP contribution is -2.12. The predicted molar refractivity (Wildman–Crippen MR) is 97.1 cm³/mol. The highest BCUT2D eigenvalue weighted by atomic mass is 16.4. The van der Waals surface area contributed by atoms with Crippen LogP contribution in [0.2, 0.25) is 0 Å². The zero-order valence-electron chi connectivity index (χ0n) is 15.6. The first-order valence-corrected chi connectivity index (χ1v) is 8.28. The van der Waals surface area contributed by atoms with Crippen LogP contribution in [0.25, 0.3) is 0 Å². The van der Waals surface area contributed by atoms with Crippen molar-refractivity contribution in [2.24, 2.45) is 21.1 Å². The summed E-state index contributed by atoms with van der Waals surface area (Å²) in [6.07, 6.45) is 4.49. The van der Waals surface area contributed by atoms with Gasteiger partial charge in [-0.3, -0.25) is 9.59 Å². The van der Waals surface area contributed by atoms with Crippen LogP contribution in [0.4, 0.5) is 5.82 Å². The fourth-order valence-corrected chi connectivity index (χ4v) is 2.92. The molecular formula is C17H19N7O4. The summed E-state index contributed by atoms with van der Waals surface area (Å²) in [7, 11) is 4.86. The minimum Gasteiger partial charge on any atom is -0.475 e. The van der Waals surface area contributed by atoms with Gasteiger partial charge < -0.3 is 24.5 Å². The highest BCUT2D eigenvalue weighted by Gasteiger charge is 2.21. The number of aryl methyl sites for hydroxylation is 3. The topological polar surface area (TPSA) is 151 Å². The van der Waals surface area contributed by atoms with Crippen molar-refractivity contribution in [2.75, 3.05) is 5.73 Å². The second-order valence-corrected chi connectivity index (χ2v) is 6.44. The molecule has 28 heavy (non-hydrogen) atoms. The highest BCUT2D eigenvalue weighted by molar-refractivity contribution is 5.96. The largest absolute Gasteiger partial charge is 0.475 e. The van der Waals surface area contributed by atoms with Gasteiger partial charge in [-0.25, -0.2) is 19.7 Å². The Kier molecular flexibility index (Phi) is 4.82. The third-order valence-electron chi connectivity index (χ3n) is 4.12. The first-order chi connectivity index (χ1) is 13.2. The molecule has 0 bridgehead atoms. The van der Waals surface area contributed by atoms with Crippen molar-refractivity contribution in [1.82, 2.24) is 28.7 Å². The van der Waals surface area contributed by atoms with E-state index < -0.39 is 5.97 Å². The van der Waals surface area contributed by atoms with E-state index in [1.165, 1.54) is 19.9 Å². The Morgan fingerprint density at radius 1 is 0.821 bits per heavy atom. The first-order valence-electron chi connectivity index (χ1n) is 8.28. The average Bonchev–Trinajstić information content (AvgIpc) is 3.24. The van der Waals surface area contributed by atoms with Crippen molar-refractivity contribution in [1.29, 1.82) is 0 Å². The molecule has 3 N–H and O–H groups in total. The number of carbonyl (C=O) groups excluding carboxylic acids is 2. The van der Waals surface area contributed by atoms with Gasteiger partial charge >= 0.3 is 5.97 Å². The number of carboxylic acids is 1. The molecule has 3 heterocycles. The molecule has 0 aliphatic heterocycles. The van der Waals surface area contributed by atoms with Gasteiger partial charge in [-0.15, -0.1) is 0 Å². The number of anilines is 1. The summed E-state index contributed by atoms with van der Waals surface area (Å²) in [6.45, 7) is 0. The van der Waals surface area contributed by atoms with Gasteiger partial charge in [-0.2, -0.15) is 0 Å². The maximum absolute atomic E-state index is 12.6. The standard InChI is InChI=1S/C17H19N7O4/c1-22-6-9(4-12(26)15-21-13(18)8-24(15)3)19-14(22)11(25)5-10-7-23(2)16(20-10)17(27)28/h6-8H,4-5,18H2,1-3H3,(H,27,28). The molecule has 3 aromatic heterocycles. The van der Waals surface area contributed by atoms with Crippen LogP contribution in [0.5, 0.6) is 0 Å². The van der Waals surface area contributed by atoms with Crippen LogP contribution in [0.15, 0.2) is 18.6 Å². The van der Waals surface area contributed by atoms with Crippen LogP contribution in [0, 0.1) is 0 Å². The monoisotopic (exact) mass is 385 g/mol. The van der Waals surface area contributed by atoms with Crippen LogP contribution >= 0.6 is 0 Å². The van der Waals surface area contributed by atoms with Crippen LogP contribution in [0.1, 0.15) is 43.2 Å². The number of rotatable bonds is 7. The number of imidazole rings is 3. The van der Waals surface area contributed by atoms with Crippen molar-refractivity contribution >= 4 is 23.4 Å². The van der Waals surface area contributed by atoms with E-state index in [0.717, 1.165) is 0 Å². The zero-order chi connectivity index (χ0) is 20.6. The van der Waals surface area contributed by atoms with Crippen molar-refractivity contribution in [3.05, 3.63) is 47.5 Å². The number of nitrogens with zero attached hydrogens (tertiary/aromatic N) is 6. The molecule has 0 radical (unpaired) electrons. The molecule has 0 saturated heterocycles. The number of nitrogen functional groups attached to an aromatic ring is 1. The van der Waals surface area contributed by atoms with Gasteiger partial charge in [-0.1, -0.05) is 0 Å². The number of ketones is 2. The summed E-state index contributed by atoms with van der Waals surface area (Å²) in [5, 5.41) is 9.05. The van der Waals surface area contributed by atoms with E-state index >= 15 is 0 Å². The Morgan fingerprint density at radius 2 is 1.25 bits per heavy atom. The van der Waals surface area contributed by atoms with E-state index in [0.29, 0.717) is 11.4 Å². The minimum atomic E-state index is -1.17. The van der Waals surface area contributed by atoms with Crippen molar-refractivity contribution < 1.29 is 19.5 Å². The van der Waals surface area contributed by atoms with Gasteiger partial charge in [0.05, 0.1) is 24.2 Å². The van der Waals surface area contributed by atoms with Crippen LogP contribution in [0.3, 0.4) is 0 Å². The molecule has 0 unspecified atom stereocenters. The second-order valence-electron chi connectivity index (χ2n) is 6.44. The number of hydrogen-bond donors (Lipinski definition) is 2. The van der Waals surface area contributed by atoms with Gasteiger partial charge in [0.2, 0.25) is 17.4 Å². The fourth-order valence-electron chi connectivity index (χ4n) is 2.92. The number of Topliss-reactive ketones (excluding diaryl/α,β-unsaturated/α-hetero) is 2. The third-order valence-corrected chi connectivity index (χ3v) is 4.12. The van der Waals surface area contributed by atoms with Gasteiger partial charge in [-0.05, 0) is 0 Å². The summed E-state index contributed by atoms with van der Waals surface area (Å²) in [4.78, 5) is 48.2. The average molecular weight is 385 g/mol. The van der Waals surface area contributed by atoms with Gasteiger partial charge in [0, 0.05) is 39.7 Å². The lowest BCUT2D eigenvalue weighted by Gasteiger charge is -1.98. The van der Waals surface area contributed by atoms with Gasteiger partial charge in [0.15, 0.2) is 11.6 Å². The normalized spacial score (nSPS) is 11.0. The number of aromatic carboxylic acids is 1. The molecule has 11 nitrogen and oxygen atoms in total. The summed E-state index contributed by atoms with van der Waals surface area (Å²) >= 11 is 0. The van der Waals surface area contributed by atoms with Crippen molar-refractivity contribution in [2.45, 2.75) is 12.8 Å². The molecule has 0 spiro atoms. The summed E-state index contributed by atoms with van der Waals surface area (Å²) < 4.78 is 4.40. The Morgan fingerprint density at radius 3 is 1.68 bits per heavy atom. The van der Waals surface area contributed by atoms with E-state index in [-0.39, 0.29) is 47.7 Å². The molecule has 11 heteroatoms. The van der Waals surface area contributed by atoms with E-state index in [9.17, 15) is 14.4 Å². The number of hydrogen-bond acceptors (Lipinski definition) is 7. The van der Waals surface area contributed by atoms with Crippen LogP contribution < -0.4 is 5.73 Å². The first kappa shape index (κ1) is 19.0. The molecule has 0 aliphatic rings. The Labute approximate surface area is 159 Å². The van der Waals surface area contributed by atoms with Gasteiger partial charge in [0.1, 0.15) is 5.82 Å². The number of nitrogens with two attached hydrogens (primary N) is 1. The van der Waals surface area contributed by atoms with Gasteiger partial charge in [0.25, 0.3) is 0 Å². The van der Waals surface area contributed by atoms with E-state index in [4.69, 9.17) is 10.8 Å². The number of carbonyl (C=O) groups is 3. The highest BCUT2D eigenvalue weighted by Crippen LogP contribution is 2.11. The molecule has 0 aliphatic carbocycles. The summed E-state index contributed by atoms with van der Waals surface area (Å²) in [5.74, 6) is -1.31. The van der Waals surface area contributed by atoms with E-state index in [2.05, 4.69) is 15.0 Å². The Bertz CT molecular complexity index is 1090. The summed E-state index contributed by atoms with van der Waals surface area (Å²) in [6, 6.07) is 0. The zero-order valence-corrected chi connectivity index (χ0v) is 15.6. The molecule has 0 fully saturated rings.